The van der Waals surface area contributed by atoms with E-state index in [1.165, 1.54) is 6.42 Å². The van der Waals surface area contributed by atoms with Gasteiger partial charge in [0, 0.05) is 16.3 Å². The lowest BCUT2D eigenvalue weighted by Crippen LogP contribution is -2.21. The quantitative estimate of drug-likeness (QED) is 0.324. The smallest absolute Gasteiger partial charge is 0.182 e. The molecule has 1 N–H and O–H groups in total. The molecule has 4 rings (SSSR count). The maximum atomic E-state index is 15.5. The molecule has 1 heterocycles. The zero-order valence-electron chi connectivity index (χ0n) is 19.1. The summed E-state index contributed by atoms with van der Waals surface area (Å²) < 4.78 is 37.2. The highest BCUT2D eigenvalue weighted by Gasteiger charge is 2.29. The van der Waals surface area contributed by atoms with Gasteiger partial charge in [0.05, 0.1) is 22.1 Å². The lowest BCUT2D eigenvalue weighted by molar-refractivity contribution is 0.0703. The van der Waals surface area contributed by atoms with Crippen LogP contribution in [0.3, 0.4) is 0 Å². The van der Waals surface area contributed by atoms with Gasteiger partial charge in [-0.1, -0.05) is 64.5 Å². The fourth-order valence-corrected chi connectivity index (χ4v) is 6.23. The first-order chi connectivity index (χ1) is 15.5. The van der Waals surface area contributed by atoms with Crippen LogP contribution in [0.4, 0.5) is 8.78 Å². The maximum Gasteiger partial charge on any atom is 0.182 e. The molecule has 32 heavy (non-hydrogen) atoms. The van der Waals surface area contributed by atoms with Crippen LogP contribution < -0.4 is 4.74 Å². The fraction of sp³-hybridized carbons (Fsp3) is 0.556. The van der Waals surface area contributed by atoms with Crippen molar-refractivity contribution in [1.82, 2.24) is 0 Å². The second-order valence-corrected chi connectivity index (χ2v) is 10.3. The number of rotatable bonds is 9. The van der Waals surface area contributed by atoms with Gasteiger partial charge in [0.1, 0.15) is 5.82 Å². The summed E-state index contributed by atoms with van der Waals surface area (Å²) in [4.78, 5) is 0. The highest BCUT2D eigenvalue weighted by Crippen LogP contribution is 2.44. The minimum absolute atomic E-state index is 0.0866. The number of ether oxygens (including phenoxy) is 1. The molecule has 0 radical (unpaired) electrons. The number of thiophene rings is 1. The van der Waals surface area contributed by atoms with E-state index in [-0.39, 0.29) is 11.7 Å². The Bertz CT molecular complexity index is 1050. The summed E-state index contributed by atoms with van der Waals surface area (Å²) in [7, 11) is 0. The Balaban J connectivity index is 1.58. The molecule has 0 saturated heterocycles. The predicted molar refractivity (Wildman–Crippen MR) is 130 cm³/mol. The standard InChI is InChI=1S/C27H34F2O2S/c1-3-5-6-7-16-31-22-15-14-20-19-12-13-21(23(28)26(19)32-27(20)24(22)29)25(30)18-10-8-17(4-2)9-11-18/h12-15,17-18,25,30H,3-11,16H2,1-2H3. The monoisotopic (exact) mass is 460 g/mol. The van der Waals surface area contributed by atoms with Gasteiger partial charge in [-0.15, -0.1) is 11.3 Å². The number of halogens is 2. The van der Waals surface area contributed by atoms with Crippen molar-refractivity contribution in [1.29, 1.82) is 0 Å². The minimum atomic E-state index is -0.811. The molecule has 1 aliphatic rings. The van der Waals surface area contributed by atoms with E-state index >= 15 is 8.78 Å². The van der Waals surface area contributed by atoms with Gasteiger partial charge in [0.25, 0.3) is 0 Å². The molecule has 0 spiro atoms. The van der Waals surface area contributed by atoms with E-state index in [2.05, 4.69) is 13.8 Å². The number of fused-ring (bicyclic) bond motifs is 3. The molecule has 1 aliphatic carbocycles. The predicted octanol–water partition coefficient (Wildman–Crippen LogP) is 8.54. The third-order valence-corrected chi connectivity index (χ3v) is 8.38. The molecule has 5 heteroatoms. The van der Waals surface area contributed by atoms with Crippen LogP contribution in [0.15, 0.2) is 24.3 Å². The molecule has 3 aromatic rings. The number of hydrogen-bond donors (Lipinski definition) is 1. The van der Waals surface area contributed by atoms with Crippen LogP contribution >= 0.6 is 11.3 Å². The van der Waals surface area contributed by atoms with Gasteiger partial charge in [-0.05, 0) is 43.2 Å². The fourth-order valence-electron chi connectivity index (χ4n) is 5.05. The summed E-state index contributed by atoms with van der Waals surface area (Å²) in [6, 6.07) is 6.99. The molecule has 0 amide bonds. The van der Waals surface area contributed by atoms with Crippen LogP contribution in [0.2, 0.25) is 0 Å². The van der Waals surface area contributed by atoms with Crippen LogP contribution in [0.25, 0.3) is 20.2 Å². The van der Waals surface area contributed by atoms with Gasteiger partial charge < -0.3 is 9.84 Å². The Hall–Kier alpha value is -1.72. The summed E-state index contributed by atoms with van der Waals surface area (Å²) >= 11 is 1.12. The summed E-state index contributed by atoms with van der Waals surface area (Å²) in [5.41, 5.74) is 0.344. The molecule has 1 fully saturated rings. The molecular weight excluding hydrogens is 426 g/mol. The van der Waals surface area contributed by atoms with Crippen molar-refractivity contribution in [3.8, 4) is 5.75 Å². The first-order valence-electron chi connectivity index (χ1n) is 12.2. The molecule has 0 aliphatic heterocycles. The molecule has 1 atom stereocenters. The van der Waals surface area contributed by atoms with E-state index in [0.717, 1.165) is 68.6 Å². The molecule has 0 bridgehead atoms. The first kappa shape index (κ1) is 23.4. The maximum absolute atomic E-state index is 15.5. The molecule has 1 aromatic heterocycles. The highest BCUT2D eigenvalue weighted by molar-refractivity contribution is 7.25. The van der Waals surface area contributed by atoms with E-state index in [1.54, 1.807) is 12.1 Å². The van der Waals surface area contributed by atoms with Gasteiger partial charge in [0.2, 0.25) is 0 Å². The van der Waals surface area contributed by atoms with Crippen LogP contribution in [0.1, 0.15) is 83.3 Å². The Morgan fingerprint density at radius 2 is 1.62 bits per heavy atom. The van der Waals surface area contributed by atoms with E-state index in [0.29, 0.717) is 32.3 Å². The Morgan fingerprint density at radius 3 is 2.31 bits per heavy atom. The van der Waals surface area contributed by atoms with Crippen molar-refractivity contribution in [3.63, 3.8) is 0 Å². The summed E-state index contributed by atoms with van der Waals surface area (Å²) in [6.07, 6.45) is 8.66. The van der Waals surface area contributed by atoms with Crippen molar-refractivity contribution in [2.75, 3.05) is 6.61 Å². The number of unbranched alkanes of at least 4 members (excludes halogenated alkanes) is 3. The van der Waals surface area contributed by atoms with Gasteiger partial charge in [-0.25, -0.2) is 8.78 Å². The molecule has 1 unspecified atom stereocenters. The van der Waals surface area contributed by atoms with Crippen molar-refractivity contribution in [2.24, 2.45) is 11.8 Å². The Labute approximate surface area is 193 Å². The zero-order chi connectivity index (χ0) is 22.7. The first-order valence-corrected chi connectivity index (χ1v) is 13.0. The van der Waals surface area contributed by atoms with E-state index in [1.807, 2.05) is 12.1 Å². The van der Waals surface area contributed by atoms with Crippen LogP contribution in [0.5, 0.6) is 5.75 Å². The van der Waals surface area contributed by atoms with Gasteiger partial charge >= 0.3 is 0 Å². The van der Waals surface area contributed by atoms with E-state index in [4.69, 9.17) is 4.74 Å². The number of aliphatic hydroxyl groups excluding tert-OH is 1. The van der Waals surface area contributed by atoms with Crippen molar-refractivity contribution >= 4 is 31.5 Å². The molecular formula is C27H34F2O2S. The summed E-state index contributed by atoms with van der Waals surface area (Å²) in [6.45, 7) is 4.84. The Morgan fingerprint density at radius 1 is 0.938 bits per heavy atom. The number of hydrogen-bond acceptors (Lipinski definition) is 3. The van der Waals surface area contributed by atoms with E-state index < -0.39 is 17.7 Å². The molecule has 1 saturated carbocycles. The van der Waals surface area contributed by atoms with Crippen molar-refractivity contribution < 1.29 is 18.6 Å². The molecule has 174 valence electrons. The third-order valence-electron chi connectivity index (χ3n) is 7.17. The van der Waals surface area contributed by atoms with Crippen molar-refractivity contribution in [2.45, 2.75) is 77.7 Å². The number of benzene rings is 2. The zero-order valence-corrected chi connectivity index (χ0v) is 19.9. The highest BCUT2D eigenvalue weighted by atomic mass is 32.1. The van der Waals surface area contributed by atoms with Crippen LogP contribution in [-0.2, 0) is 0 Å². The topological polar surface area (TPSA) is 29.5 Å². The minimum Gasteiger partial charge on any atom is -0.490 e. The normalized spacial score (nSPS) is 20.2. The average molecular weight is 461 g/mol. The average Bonchev–Trinajstić information content (AvgIpc) is 3.21. The van der Waals surface area contributed by atoms with Gasteiger partial charge in [0.15, 0.2) is 11.6 Å². The SMILES string of the molecule is CCCCCCOc1ccc2c(sc3c(F)c(C(O)C4CCC(CC)CC4)ccc32)c1F. The van der Waals surface area contributed by atoms with Crippen LogP contribution in [0, 0.1) is 23.5 Å². The van der Waals surface area contributed by atoms with Gasteiger partial charge in [-0.2, -0.15) is 0 Å². The Kier molecular flexibility index (Phi) is 7.67. The molecule has 2 nitrogen and oxygen atoms in total. The second kappa shape index (κ2) is 10.5. The largest absolute Gasteiger partial charge is 0.490 e. The lowest BCUT2D eigenvalue weighted by atomic mass is 9.77. The lowest BCUT2D eigenvalue weighted by Gasteiger charge is -2.31. The van der Waals surface area contributed by atoms with Gasteiger partial charge in [-0.3, -0.25) is 0 Å². The van der Waals surface area contributed by atoms with Crippen LogP contribution in [-0.4, -0.2) is 11.7 Å². The van der Waals surface area contributed by atoms with E-state index in [9.17, 15) is 5.11 Å². The van der Waals surface area contributed by atoms with Crippen molar-refractivity contribution in [3.05, 3.63) is 41.5 Å². The molecule has 2 aromatic carbocycles. The third kappa shape index (κ3) is 4.65. The number of aliphatic hydroxyl groups is 1. The second-order valence-electron chi connectivity index (χ2n) is 9.24. The summed E-state index contributed by atoms with van der Waals surface area (Å²) in [5.74, 6) is 0.214. The summed E-state index contributed by atoms with van der Waals surface area (Å²) in [5, 5.41) is 12.3.